The molecule has 1 aromatic heterocycles. The van der Waals surface area contributed by atoms with E-state index >= 15 is 0 Å². The topological polar surface area (TPSA) is 54.3 Å². The van der Waals surface area contributed by atoms with Crippen LogP contribution < -0.4 is 10.9 Å². The average molecular weight is 389 g/mol. The number of rotatable bonds is 4. The first kappa shape index (κ1) is 19.5. The molecule has 0 bridgehead atoms. The molecular weight excluding hydrogens is 362 g/mol. The SMILES string of the molecule is Cc1ccn(C2CCNCC2)c(=O)c1C(=O)N(CC#Cc1ccccc1)C1CC1. The molecule has 150 valence electrons. The van der Waals surface area contributed by atoms with Crippen LogP contribution in [0.15, 0.2) is 47.4 Å². The Morgan fingerprint density at radius 3 is 2.55 bits per heavy atom. The van der Waals surface area contributed by atoms with E-state index in [0.29, 0.717) is 12.1 Å². The molecule has 0 spiro atoms. The van der Waals surface area contributed by atoms with Crippen LogP contribution >= 0.6 is 0 Å². The number of amides is 1. The predicted octanol–water partition coefficient (Wildman–Crippen LogP) is 2.74. The lowest BCUT2D eigenvalue weighted by Crippen LogP contribution is -2.41. The molecule has 0 radical (unpaired) electrons. The van der Waals surface area contributed by atoms with Crippen molar-refractivity contribution in [3.63, 3.8) is 0 Å². The normalized spacial score (nSPS) is 16.7. The maximum absolute atomic E-state index is 13.4. The third-order valence-corrected chi connectivity index (χ3v) is 5.75. The van der Waals surface area contributed by atoms with Crippen molar-refractivity contribution in [3.05, 3.63) is 69.6 Å². The fourth-order valence-corrected chi connectivity index (χ4v) is 3.92. The standard InChI is InChI=1S/C24H27N3O2/c1-18-13-17-27(21-11-14-25-15-12-21)24(29)22(18)23(28)26(20-9-10-20)16-5-8-19-6-3-2-4-7-19/h2-4,6-7,13,17,20-21,25H,9-12,14-16H2,1H3. The summed E-state index contributed by atoms with van der Waals surface area (Å²) in [6.45, 7) is 4.00. The van der Waals surface area contributed by atoms with Crippen LogP contribution in [0, 0.1) is 18.8 Å². The third-order valence-electron chi connectivity index (χ3n) is 5.75. The van der Waals surface area contributed by atoms with E-state index in [-0.39, 0.29) is 23.6 Å². The van der Waals surface area contributed by atoms with Gasteiger partial charge in [0.2, 0.25) is 0 Å². The van der Waals surface area contributed by atoms with Gasteiger partial charge in [-0.3, -0.25) is 9.59 Å². The summed E-state index contributed by atoms with van der Waals surface area (Å²) in [5, 5.41) is 3.33. The van der Waals surface area contributed by atoms with E-state index in [4.69, 9.17) is 0 Å². The number of nitrogens with zero attached hydrogens (tertiary/aromatic N) is 2. The number of nitrogens with one attached hydrogen (secondary N) is 1. The number of piperidine rings is 1. The zero-order valence-corrected chi connectivity index (χ0v) is 16.9. The molecule has 1 aromatic carbocycles. The zero-order chi connectivity index (χ0) is 20.2. The van der Waals surface area contributed by atoms with Gasteiger partial charge in [0.1, 0.15) is 5.56 Å². The van der Waals surface area contributed by atoms with E-state index in [0.717, 1.165) is 49.9 Å². The lowest BCUT2D eigenvalue weighted by atomic mass is 10.0. The van der Waals surface area contributed by atoms with Gasteiger partial charge in [-0.25, -0.2) is 0 Å². The lowest BCUT2D eigenvalue weighted by molar-refractivity contribution is 0.0762. The molecule has 1 amide bonds. The number of carbonyl (C=O) groups excluding carboxylic acids is 1. The first-order chi connectivity index (χ1) is 14.1. The molecular formula is C24H27N3O2. The summed E-state index contributed by atoms with van der Waals surface area (Å²) in [7, 11) is 0. The molecule has 1 aliphatic heterocycles. The second-order valence-corrected chi connectivity index (χ2v) is 7.90. The van der Waals surface area contributed by atoms with Crippen molar-refractivity contribution in [2.24, 2.45) is 0 Å². The van der Waals surface area contributed by atoms with E-state index < -0.39 is 0 Å². The summed E-state index contributed by atoms with van der Waals surface area (Å²) >= 11 is 0. The third kappa shape index (κ3) is 4.44. The highest BCUT2D eigenvalue weighted by molar-refractivity contribution is 5.95. The first-order valence-corrected chi connectivity index (χ1v) is 10.4. The van der Waals surface area contributed by atoms with Crippen LogP contribution in [-0.2, 0) is 0 Å². The Bertz CT molecular complexity index is 990. The van der Waals surface area contributed by atoms with Gasteiger partial charge in [0.15, 0.2) is 0 Å². The van der Waals surface area contributed by atoms with Gasteiger partial charge >= 0.3 is 0 Å². The van der Waals surface area contributed by atoms with Crippen molar-refractivity contribution < 1.29 is 4.79 Å². The minimum atomic E-state index is -0.180. The summed E-state index contributed by atoms with van der Waals surface area (Å²) < 4.78 is 1.77. The van der Waals surface area contributed by atoms with E-state index in [1.165, 1.54) is 0 Å². The van der Waals surface area contributed by atoms with E-state index in [1.54, 1.807) is 9.47 Å². The highest BCUT2D eigenvalue weighted by atomic mass is 16.2. The molecule has 29 heavy (non-hydrogen) atoms. The zero-order valence-electron chi connectivity index (χ0n) is 16.9. The van der Waals surface area contributed by atoms with Crippen molar-refractivity contribution >= 4 is 5.91 Å². The van der Waals surface area contributed by atoms with Crippen LogP contribution in [0.2, 0.25) is 0 Å². The molecule has 0 unspecified atom stereocenters. The van der Waals surface area contributed by atoms with Gasteiger partial charge in [-0.05, 0) is 69.5 Å². The molecule has 5 nitrogen and oxygen atoms in total. The Hall–Kier alpha value is -2.84. The fraction of sp³-hybridized carbons (Fsp3) is 0.417. The second kappa shape index (κ2) is 8.67. The van der Waals surface area contributed by atoms with Gasteiger partial charge in [0.05, 0.1) is 6.54 Å². The lowest BCUT2D eigenvalue weighted by Gasteiger charge is -2.26. The predicted molar refractivity (Wildman–Crippen MR) is 114 cm³/mol. The molecule has 1 N–H and O–H groups in total. The monoisotopic (exact) mass is 389 g/mol. The Labute approximate surface area is 171 Å². The van der Waals surface area contributed by atoms with Gasteiger partial charge in [0.25, 0.3) is 11.5 Å². The summed E-state index contributed by atoms with van der Waals surface area (Å²) in [6, 6.07) is 12.0. The van der Waals surface area contributed by atoms with Gasteiger partial charge in [-0.1, -0.05) is 30.0 Å². The van der Waals surface area contributed by atoms with Gasteiger partial charge in [-0.15, -0.1) is 0 Å². The Kier molecular flexibility index (Phi) is 5.82. The second-order valence-electron chi connectivity index (χ2n) is 7.90. The number of aromatic nitrogens is 1. The van der Waals surface area contributed by atoms with Crippen LogP contribution in [0.5, 0.6) is 0 Å². The Morgan fingerprint density at radius 1 is 1.14 bits per heavy atom. The van der Waals surface area contributed by atoms with Crippen LogP contribution in [0.25, 0.3) is 0 Å². The summed E-state index contributed by atoms with van der Waals surface area (Å²) in [5.74, 6) is 6.07. The summed E-state index contributed by atoms with van der Waals surface area (Å²) in [4.78, 5) is 28.4. The van der Waals surface area contributed by atoms with E-state index in [2.05, 4.69) is 17.2 Å². The van der Waals surface area contributed by atoms with Crippen molar-refractivity contribution in [1.29, 1.82) is 0 Å². The number of carbonyl (C=O) groups is 1. The minimum absolute atomic E-state index is 0.156. The smallest absolute Gasteiger partial charge is 0.263 e. The summed E-state index contributed by atoms with van der Waals surface area (Å²) in [6.07, 6.45) is 5.62. The highest BCUT2D eigenvalue weighted by Crippen LogP contribution is 2.28. The summed E-state index contributed by atoms with van der Waals surface area (Å²) in [5.41, 5.74) is 1.81. The van der Waals surface area contributed by atoms with Gasteiger partial charge < -0.3 is 14.8 Å². The average Bonchev–Trinajstić information content (AvgIpc) is 3.58. The molecule has 4 rings (SSSR count). The number of hydrogen-bond acceptors (Lipinski definition) is 3. The maximum atomic E-state index is 13.4. The minimum Gasteiger partial charge on any atom is -0.324 e. The van der Waals surface area contributed by atoms with Crippen molar-refractivity contribution in [3.8, 4) is 11.8 Å². The fourth-order valence-electron chi connectivity index (χ4n) is 3.92. The number of aryl methyl sites for hydroxylation is 1. The Morgan fingerprint density at radius 2 is 1.86 bits per heavy atom. The molecule has 2 aliphatic rings. The number of hydrogen-bond donors (Lipinski definition) is 1. The van der Waals surface area contributed by atoms with Crippen molar-refractivity contribution in [2.45, 2.75) is 44.7 Å². The molecule has 1 saturated carbocycles. The molecule has 2 aromatic rings. The molecule has 2 heterocycles. The molecule has 2 fully saturated rings. The molecule has 0 atom stereocenters. The van der Waals surface area contributed by atoms with Crippen molar-refractivity contribution in [1.82, 2.24) is 14.8 Å². The number of benzene rings is 1. The molecule has 1 saturated heterocycles. The first-order valence-electron chi connectivity index (χ1n) is 10.4. The van der Waals surface area contributed by atoms with Gasteiger partial charge in [0, 0.05) is 23.8 Å². The number of pyridine rings is 1. The molecule has 5 heteroatoms. The molecule has 1 aliphatic carbocycles. The van der Waals surface area contributed by atoms with E-state index in [1.807, 2.05) is 49.5 Å². The van der Waals surface area contributed by atoms with Gasteiger partial charge in [-0.2, -0.15) is 0 Å². The highest BCUT2D eigenvalue weighted by Gasteiger charge is 2.34. The Balaban J connectivity index is 1.59. The van der Waals surface area contributed by atoms with Crippen molar-refractivity contribution in [2.75, 3.05) is 19.6 Å². The largest absolute Gasteiger partial charge is 0.324 e. The quantitative estimate of drug-likeness (QED) is 0.818. The van der Waals surface area contributed by atoms with Crippen LogP contribution in [-0.4, -0.2) is 41.1 Å². The van der Waals surface area contributed by atoms with Crippen LogP contribution in [0.4, 0.5) is 0 Å². The van der Waals surface area contributed by atoms with E-state index in [9.17, 15) is 9.59 Å². The maximum Gasteiger partial charge on any atom is 0.263 e. The van der Waals surface area contributed by atoms with Crippen LogP contribution in [0.1, 0.15) is 53.2 Å². The van der Waals surface area contributed by atoms with Crippen LogP contribution in [0.3, 0.4) is 0 Å².